The zero-order valence-electron chi connectivity index (χ0n) is 18.0. The lowest BCUT2D eigenvalue weighted by molar-refractivity contribution is -0.287. The second-order valence-corrected chi connectivity index (χ2v) is 13.7. The van der Waals surface area contributed by atoms with Gasteiger partial charge in [0.15, 0.2) is 20.7 Å². The van der Waals surface area contributed by atoms with Crippen LogP contribution in [0.4, 0.5) is 0 Å². The minimum absolute atomic E-state index is 0.0588. The predicted molar refractivity (Wildman–Crippen MR) is 109 cm³/mol. The number of hydrogen-bond acceptors (Lipinski definition) is 6. The molecule has 1 heterocycles. The quantitative estimate of drug-likeness (QED) is 0.570. The van der Waals surface area contributed by atoms with Crippen LogP contribution in [0.1, 0.15) is 40.2 Å². The largest absolute Gasteiger partial charge is 0.457 e. The molecule has 0 spiro atoms. The van der Waals surface area contributed by atoms with Crippen LogP contribution < -0.4 is 0 Å². The molecule has 1 aromatic carbocycles. The Morgan fingerprint density at radius 2 is 1.75 bits per heavy atom. The van der Waals surface area contributed by atoms with Gasteiger partial charge in [-0.15, -0.1) is 0 Å². The van der Waals surface area contributed by atoms with Crippen LogP contribution in [-0.2, 0) is 30.0 Å². The van der Waals surface area contributed by atoms with Crippen molar-refractivity contribution in [2.75, 3.05) is 0 Å². The van der Waals surface area contributed by atoms with Crippen molar-refractivity contribution in [3.63, 3.8) is 0 Å². The van der Waals surface area contributed by atoms with Crippen LogP contribution in [0.15, 0.2) is 30.3 Å². The number of rotatable bonds is 6. The number of esters is 1. The molecule has 5 atom stereocenters. The van der Waals surface area contributed by atoms with E-state index >= 15 is 0 Å². The molecule has 1 aromatic rings. The Bertz CT molecular complexity index is 642. The number of aliphatic hydroxyl groups excluding tert-OH is 1. The van der Waals surface area contributed by atoms with Crippen molar-refractivity contribution in [3.05, 3.63) is 35.9 Å². The number of carbonyl (C=O) groups is 1. The second kappa shape index (κ2) is 9.05. The van der Waals surface area contributed by atoms with E-state index in [-0.39, 0.29) is 5.04 Å². The van der Waals surface area contributed by atoms with Gasteiger partial charge in [-0.2, -0.15) is 0 Å². The molecule has 28 heavy (non-hydrogen) atoms. The molecule has 158 valence electrons. The Balaban J connectivity index is 2.29. The fourth-order valence-electron chi connectivity index (χ4n) is 2.94. The van der Waals surface area contributed by atoms with E-state index in [0.717, 1.165) is 5.56 Å². The Kier molecular flexibility index (Phi) is 7.44. The van der Waals surface area contributed by atoms with Crippen LogP contribution in [0.2, 0.25) is 18.1 Å². The van der Waals surface area contributed by atoms with E-state index in [1.165, 1.54) is 6.92 Å². The summed E-state index contributed by atoms with van der Waals surface area (Å²) in [5.41, 5.74) is 0.990. The van der Waals surface area contributed by atoms with Crippen molar-refractivity contribution in [3.8, 4) is 0 Å². The topological polar surface area (TPSA) is 74.2 Å². The maximum Gasteiger partial charge on any atom is 0.303 e. The van der Waals surface area contributed by atoms with Crippen LogP contribution in [0.3, 0.4) is 0 Å². The normalized spacial score (nSPS) is 28.8. The SMILES string of the molecule is CC(=O)O[C@@H]1C(OCc2ccccc2)C(O[Si](C)(C)C(C)(C)C)C(O)O[C@@H]1C. The first-order chi connectivity index (χ1) is 12.9. The molecule has 1 saturated heterocycles. The Morgan fingerprint density at radius 1 is 1.14 bits per heavy atom. The molecule has 0 amide bonds. The molecule has 2 rings (SSSR count). The molecule has 0 bridgehead atoms. The summed E-state index contributed by atoms with van der Waals surface area (Å²) in [6.45, 7) is 14.0. The average molecular weight is 411 g/mol. The third-order valence-corrected chi connectivity index (χ3v) is 10.0. The smallest absolute Gasteiger partial charge is 0.303 e. The van der Waals surface area contributed by atoms with Crippen molar-refractivity contribution < 1.29 is 28.5 Å². The van der Waals surface area contributed by atoms with Crippen LogP contribution in [0.25, 0.3) is 0 Å². The van der Waals surface area contributed by atoms with Crippen LogP contribution in [0, 0.1) is 0 Å². The number of carbonyl (C=O) groups excluding carboxylic acids is 1. The first-order valence-electron chi connectivity index (χ1n) is 9.76. The molecule has 1 aliphatic heterocycles. The number of benzene rings is 1. The van der Waals surface area contributed by atoms with Gasteiger partial charge in [-0.3, -0.25) is 4.79 Å². The van der Waals surface area contributed by atoms with Gasteiger partial charge in [-0.05, 0) is 30.6 Å². The van der Waals surface area contributed by atoms with Crippen LogP contribution in [-0.4, -0.2) is 50.1 Å². The summed E-state index contributed by atoms with van der Waals surface area (Å²) < 4.78 is 23.8. The second-order valence-electron chi connectivity index (χ2n) is 8.91. The first kappa shape index (κ1) is 23.0. The molecule has 6 nitrogen and oxygen atoms in total. The Morgan fingerprint density at radius 3 is 2.29 bits per heavy atom. The molecule has 0 aromatic heterocycles. The lowest BCUT2D eigenvalue weighted by atomic mass is 9.99. The van der Waals surface area contributed by atoms with Gasteiger partial charge < -0.3 is 23.7 Å². The van der Waals surface area contributed by atoms with Gasteiger partial charge in [0.05, 0.1) is 12.7 Å². The standard InChI is InChI=1S/C21H34O6Si/c1-14-17(26-15(2)22)18(24-13-16-11-9-8-10-12-16)19(20(23)25-14)27-28(6,7)21(3,4)5/h8-12,14,17-20,23H,13H2,1-7H3/t14-,17+,18?,19?,20?/m1/s1. The van der Waals surface area contributed by atoms with Crippen molar-refractivity contribution in [2.24, 2.45) is 0 Å². The zero-order chi connectivity index (χ0) is 21.1. The summed E-state index contributed by atoms with van der Waals surface area (Å²) in [7, 11) is -2.24. The van der Waals surface area contributed by atoms with E-state index in [4.69, 9.17) is 18.6 Å². The van der Waals surface area contributed by atoms with E-state index in [2.05, 4.69) is 33.9 Å². The molecule has 0 saturated carbocycles. The highest BCUT2D eigenvalue weighted by molar-refractivity contribution is 6.74. The Labute approximate surface area is 169 Å². The summed E-state index contributed by atoms with van der Waals surface area (Å²) in [6.07, 6.45) is -3.72. The minimum Gasteiger partial charge on any atom is -0.457 e. The summed E-state index contributed by atoms with van der Waals surface area (Å²) in [5.74, 6) is -0.420. The minimum atomic E-state index is -2.24. The van der Waals surface area contributed by atoms with Gasteiger partial charge in [0.25, 0.3) is 0 Å². The third-order valence-electron chi connectivity index (χ3n) is 5.57. The summed E-state index contributed by atoms with van der Waals surface area (Å²) in [5, 5.41) is 10.6. The molecular formula is C21H34O6Si. The lowest BCUT2D eigenvalue weighted by Gasteiger charge is -2.47. The molecule has 1 aliphatic rings. The van der Waals surface area contributed by atoms with Crippen LogP contribution in [0.5, 0.6) is 0 Å². The van der Waals surface area contributed by atoms with E-state index in [1.807, 2.05) is 30.3 Å². The number of ether oxygens (including phenoxy) is 3. The van der Waals surface area contributed by atoms with Crippen molar-refractivity contribution in [1.82, 2.24) is 0 Å². The summed E-state index contributed by atoms with van der Waals surface area (Å²) in [6, 6.07) is 9.74. The van der Waals surface area contributed by atoms with Crippen molar-refractivity contribution in [1.29, 1.82) is 0 Å². The summed E-state index contributed by atoms with van der Waals surface area (Å²) >= 11 is 0. The third kappa shape index (κ3) is 5.64. The maximum absolute atomic E-state index is 11.7. The molecule has 0 aliphatic carbocycles. The van der Waals surface area contributed by atoms with E-state index < -0.39 is 45.0 Å². The highest BCUT2D eigenvalue weighted by Gasteiger charge is 2.51. The van der Waals surface area contributed by atoms with Gasteiger partial charge in [0, 0.05) is 6.92 Å². The Hall–Kier alpha value is -1.25. The molecule has 3 unspecified atom stereocenters. The fourth-order valence-corrected chi connectivity index (χ4v) is 4.23. The summed E-state index contributed by atoms with van der Waals surface area (Å²) in [4.78, 5) is 11.7. The van der Waals surface area contributed by atoms with Crippen LogP contribution >= 0.6 is 0 Å². The molecule has 7 heteroatoms. The highest BCUT2D eigenvalue weighted by Crippen LogP contribution is 2.40. The zero-order valence-corrected chi connectivity index (χ0v) is 19.0. The number of hydrogen-bond donors (Lipinski definition) is 1. The molecule has 1 N–H and O–H groups in total. The fraction of sp³-hybridized carbons (Fsp3) is 0.667. The molecular weight excluding hydrogens is 376 g/mol. The van der Waals surface area contributed by atoms with E-state index in [1.54, 1.807) is 6.92 Å². The number of aliphatic hydroxyl groups is 1. The van der Waals surface area contributed by atoms with Gasteiger partial charge in [0.1, 0.15) is 12.2 Å². The first-order valence-corrected chi connectivity index (χ1v) is 12.7. The van der Waals surface area contributed by atoms with E-state index in [0.29, 0.717) is 6.61 Å². The molecule has 1 fully saturated rings. The maximum atomic E-state index is 11.7. The van der Waals surface area contributed by atoms with Gasteiger partial charge >= 0.3 is 5.97 Å². The van der Waals surface area contributed by atoms with E-state index in [9.17, 15) is 9.90 Å². The highest BCUT2D eigenvalue weighted by atomic mass is 28.4. The predicted octanol–water partition coefficient (Wildman–Crippen LogP) is 3.63. The van der Waals surface area contributed by atoms with Gasteiger partial charge in [0.2, 0.25) is 0 Å². The molecule has 0 radical (unpaired) electrons. The van der Waals surface area contributed by atoms with Gasteiger partial charge in [-0.1, -0.05) is 51.1 Å². The monoisotopic (exact) mass is 410 g/mol. The lowest BCUT2D eigenvalue weighted by Crippen LogP contribution is -2.62. The average Bonchev–Trinajstić information content (AvgIpc) is 2.58. The van der Waals surface area contributed by atoms with Crippen molar-refractivity contribution >= 4 is 14.3 Å². The van der Waals surface area contributed by atoms with Gasteiger partial charge in [-0.25, -0.2) is 0 Å². The van der Waals surface area contributed by atoms with Crippen molar-refractivity contribution in [2.45, 2.75) is 90.1 Å².